The molecule has 1 aromatic rings. The van der Waals surface area contributed by atoms with E-state index >= 15 is 0 Å². The number of rotatable bonds is 7. The van der Waals surface area contributed by atoms with Crippen LogP contribution in [0.3, 0.4) is 0 Å². The second-order valence-corrected chi connectivity index (χ2v) is 7.61. The largest absolute Gasteiger partial charge is 0.493 e. The van der Waals surface area contributed by atoms with Gasteiger partial charge in [0.1, 0.15) is 0 Å². The van der Waals surface area contributed by atoms with E-state index in [0.29, 0.717) is 28.3 Å². The molecule has 0 radical (unpaired) electrons. The molecule has 0 spiro atoms. The highest BCUT2D eigenvalue weighted by Crippen LogP contribution is 2.47. The van der Waals surface area contributed by atoms with Crippen molar-refractivity contribution in [3.8, 4) is 11.5 Å². The van der Waals surface area contributed by atoms with Gasteiger partial charge in [-0.3, -0.25) is 19.2 Å². The van der Waals surface area contributed by atoms with Crippen LogP contribution in [0.1, 0.15) is 33.3 Å². The first kappa shape index (κ1) is 22.0. The van der Waals surface area contributed by atoms with E-state index in [1.807, 2.05) is 0 Å². The Morgan fingerprint density at radius 1 is 1.00 bits per heavy atom. The Morgan fingerprint density at radius 2 is 1.58 bits per heavy atom. The first-order valence-electron chi connectivity index (χ1n) is 7.69. The minimum atomic E-state index is -0.571. The molecule has 0 fully saturated rings. The summed E-state index contributed by atoms with van der Waals surface area (Å²) in [6.45, 7) is 5.78. The number of carbonyl (C=O) groups is 4. The van der Waals surface area contributed by atoms with E-state index in [1.165, 1.54) is 34.8 Å². The standard InChI is InChI=1S/C17H21NO6S2/c1-9(19)18-7-6-13-8-14(23-5)15(24-10(2)20)17(26-12(4)22)16(13)25-11(3)21/h8H,6-7H2,1-5H3,(H,18,19). The zero-order valence-corrected chi connectivity index (χ0v) is 16.9. The zero-order valence-electron chi connectivity index (χ0n) is 15.3. The summed E-state index contributed by atoms with van der Waals surface area (Å²) in [7, 11) is 1.42. The molecule has 0 aliphatic heterocycles. The van der Waals surface area contributed by atoms with Crippen LogP contribution in [0, 0.1) is 0 Å². The molecule has 0 saturated carbocycles. The van der Waals surface area contributed by atoms with Crippen molar-refractivity contribution >= 4 is 45.6 Å². The van der Waals surface area contributed by atoms with Crippen LogP contribution in [0.4, 0.5) is 0 Å². The number of nitrogens with one attached hydrogen (secondary N) is 1. The van der Waals surface area contributed by atoms with E-state index in [4.69, 9.17) is 9.47 Å². The van der Waals surface area contributed by atoms with Gasteiger partial charge in [0.25, 0.3) is 0 Å². The molecule has 1 rings (SSSR count). The third kappa shape index (κ3) is 6.72. The normalized spacial score (nSPS) is 10.2. The molecular weight excluding hydrogens is 378 g/mol. The molecule has 1 amide bonds. The summed E-state index contributed by atoms with van der Waals surface area (Å²) < 4.78 is 10.6. The number of amides is 1. The highest BCUT2D eigenvalue weighted by Gasteiger charge is 2.24. The lowest BCUT2D eigenvalue weighted by atomic mass is 10.1. The molecule has 0 aliphatic rings. The van der Waals surface area contributed by atoms with E-state index in [0.717, 1.165) is 23.5 Å². The number of ether oxygens (including phenoxy) is 2. The fourth-order valence-electron chi connectivity index (χ4n) is 2.09. The summed E-state index contributed by atoms with van der Waals surface area (Å²) >= 11 is 1.80. The number of hydrogen-bond acceptors (Lipinski definition) is 8. The predicted molar refractivity (Wildman–Crippen MR) is 99.8 cm³/mol. The average molecular weight is 399 g/mol. The number of thioether (sulfide) groups is 2. The predicted octanol–water partition coefficient (Wildman–Crippen LogP) is 2.58. The zero-order chi connectivity index (χ0) is 19.9. The third-order valence-electron chi connectivity index (χ3n) is 2.96. The average Bonchev–Trinajstić information content (AvgIpc) is 2.50. The third-order valence-corrected chi connectivity index (χ3v) is 4.93. The van der Waals surface area contributed by atoms with Crippen LogP contribution in [0.5, 0.6) is 11.5 Å². The molecule has 9 heteroatoms. The number of hydrogen-bond donors (Lipinski definition) is 1. The summed E-state index contributed by atoms with van der Waals surface area (Å²) in [6, 6.07) is 1.65. The van der Waals surface area contributed by atoms with Crippen molar-refractivity contribution in [2.45, 2.75) is 43.9 Å². The van der Waals surface area contributed by atoms with Crippen molar-refractivity contribution < 1.29 is 28.7 Å². The van der Waals surface area contributed by atoms with Crippen LogP contribution >= 0.6 is 23.5 Å². The number of esters is 1. The van der Waals surface area contributed by atoms with Gasteiger partial charge in [-0.2, -0.15) is 0 Å². The molecular formula is C17H21NO6S2. The summed E-state index contributed by atoms with van der Waals surface area (Å²) in [5.74, 6) is -0.368. The summed E-state index contributed by atoms with van der Waals surface area (Å²) in [6.07, 6.45) is 0.414. The van der Waals surface area contributed by atoms with E-state index in [2.05, 4.69) is 5.32 Å². The summed E-state index contributed by atoms with van der Waals surface area (Å²) in [5, 5.41) is 2.27. The van der Waals surface area contributed by atoms with Crippen LogP contribution in [0.2, 0.25) is 0 Å². The second kappa shape index (κ2) is 10.2. The quantitative estimate of drug-likeness (QED) is 0.424. The maximum absolute atomic E-state index is 11.7. The van der Waals surface area contributed by atoms with E-state index in [9.17, 15) is 19.2 Å². The van der Waals surface area contributed by atoms with Gasteiger partial charge in [-0.25, -0.2) is 0 Å². The molecule has 0 aliphatic carbocycles. The number of carbonyl (C=O) groups excluding carboxylic acids is 4. The van der Waals surface area contributed by atoms with Crippen molar-refractivity contribution in [3.05, 3.63) is 11.6 Å². The van der Waals surface area contributed by atoms with Crippen molar-refractivity contribution in [3.63, 3.8) is 0 Å². The molecule has 1 N–H and O–H groups in total. The lowest BCUT2D eigenvalue weighted by Crippen LogP contribution is -2.22. The van der Waals surface area contributed by atoms with Crippen molar-refractivity contribution in [1.82, 2.24) is 5.32 Å². The molecule has 0 aromatic heterocycles. The van der Waals surface area contributed by atoms with Gasteiger partial charge >= 0.3 is 5.97 Å². The highest BCUT2D eigenvalue weighted by molar-refractivity contribution is 8.16. The fraction of sp³-hybridized carbons (Fsp3) is 0.412. The van der Waals surface area contributed by atoms with Crippen molar-refractivity contribution in [1.29, 1.82) is 0 Å². The Hall–Kier alpha value is -2.00. The van der Waals surface area contributed by atoms with E-state index in [1.54, 1.807) is 6.07 Å². The van der Waals surface area contributed by atoms with Crippen molar-refractivity contribution in [2.75, 3.05) is 13.7 Å². The fourth-order valence-corrected chi connectivity index (χ4v) is 3.85. The smallest absolute Gasteiger partial charge is 0.308 e. The van der Waals surface area contributed by atoms with E-state index in [-0.39, 0.29) is 27.6 Å². The maximum Gasteiger partial charge on any atom is 0.308 e. The maximum atomic E-state index is 11.7. The molecule has 0 bridgehead atoms. The first-order valence-corrected chi connectivity index (χ1v) is 9.32. The molecule has 26 heavy (non-hydrogen) atoms. The highest BCUT2D eigenvalue weighted by atomic mass is 32.2. The number of benzene rings is 1. The van der Waals surface area contributed by atoms with Crippen LogP contribution in [-0.4, -0.2) is 35.8 Å². The SMILES string of the molecule is COc1cc(CCNC(C)=O)c(SC(C)=O)c(SC(C)=O)c1OC(C)=O. The van der Waals surface area contributed by atoms with Gasteiger partial charge in [0.2, 0.25) is 5.91 Å². The van der Waals surface area contributed by atoms with Gasteiger partial charge in [-0.05, 0) is 29.8 Å². The first-order chi connectivity index (χ1) is 12.1. The Balaban J connectivity index is 3.55. The minimum Gasteiger partial charge on any atom is -0.493 e. The lowest BCUT2D eigenvalue weighted by molar-refractivity contribution is -0.132. The van der Waals surface area contributed by atoms with Crippen LogP contribution in [0.15, 0.2) is 15.9 Å². The molecule has 7 nitrogen and oxygen atoms in total. The molecule has 0 atom stereocenters. The number of methoxy groups -OCH3 is 1. The van der Waals surface area contributed by atoms with Gasteiger partial charge in [0.05, 0.1) is 12.0 Å². The van der Waals surface area contributed by atoms with Crippen molar-refractivity contribution in [2.24, 2.45) is 0 Å². The molecule has 142 valence electrons. The van der Waals surface area contributed by atoms with Gasteiger partial charge < -0.3 is 14.8 Å². The lowest BCUT2D eigenvalue weighted by Gasteiger charge is -2.19. The summed E-state index contributed by atoms with van der Waals surface area (Å²) in [5.41, 5.74) is 0.704. The van der Waals surface area contributed by atoms with Gasteiger partial charge in [-0.15, -0.1) is 0 Å². The van der Waals surface area contributed by atoms with Gasteiger partial charge in [0.15, 0.2) is 21.7 Å². The Morgan fingerprint density at radius 3 is 2.04 bits per heavy atom. The van der Waals surface area contributed by atoms with E-state index < -0.39 is 5.97 Å². The van der Waals surface area contributed by atoms with Gasteiger partial charge in [0, 0.05) is 39.1 Å². The summed E-state index contributed by atoms with van der Waals surface area (Å²) in [4.78, 5) is 46.9. The Bertz CT molecular complexity index is 732. The molecule has 0 unspecified atom stereocenters. The topological polar surface area (TPSA) is 98.8 Å². The molecule has 0 heterocycles. The minimum absolute atomic E-state index is 0.104. The van der Waals surface area contributed by atoms with Crippen LogP contribution in [0.25, 0.3) is 0 Å². The Kier molecular flexibility index (Phi) is 8.67. The van der Waals surface area contributed by atoms with Crippen LogP contribution in [-0.2, 0) is 25.6 Å². The molecule has 0 saturated heterocycles. The van der Waals surface area contributed by atoms with Crippen LogP contribution < -0.4 is 14.8 Å². The Labute approximate surface area is 160 Å². The second-order valence-electron chi connectivity index (χ2n) is 5.24. The van der Waals surface area contributed by atoms with Gasteiger partial charge in [-0.1, -0.05) is 11.8 Å². The monoisotopic (exact) mass is 399 g/mol. The molecule has 1 aromatic carbocycles.